The van der Waals surface area contributed by atoms with Gasteiger partial charge < -0.3 is 33.7 Å². The molecule has 8 heteroatoms. The maximum atomic E-state index is 13.6. The fourth-order valence-electron chi connectivity index (χ4n) is 3.76. The van der Waals surface area contributed by atoms with Crippen LogP contribution >= 0.6 is 0 Å². The highest BCUT2D eigenvalue weighted by Gasteiger charge is 2.38. The van der Waals surface area contributed by atoms with Crippen LogP contribution in [0.1, 0.15) is 22.0 Å². The van der Waals surface area contributed by atoms with Crippen molar-refractivity contribution in [2.24, 2.45) is 0 Å². The van der Waals surface area contributed by atoms with E-state index in [0.29, 0.717) is 41.7 Å². The van der Waals surface area contributed by atoms with Gasteiger partial charge in [0.1, 0.15) is 6.10 Å². The van der Waals surface area contributed by atoms with Gasteiger partial charge in [0.25, 0.3) is 5.91 Å². The van der Waals surface area contributed by atoms with Crippen LogP contribution < -0.4 is 18.9 Å². The molecule has 30 heavy (non-hydrogen) atoms. The number of amides is 1. The summed E-state index contributed by atoms with van der Waals surface area (Å²) >= 11 is 0. The van der Waals surface area contributed by atoms with Gasteiger partial charge in [0.15, 0.2) is 23.0 Å². The summed E-state index contributed by atoms with van der Waals surface area (Å²) in [6.07, 6.45) is -0.586. The van der Waals surface area contributed by atoms with Crippen molar-refractivity contribution >= 4 is 5.91 Å². The predicted molar refractivity (Wildman–Crippen MR) is 110 cm³/mol. The summed E-state index contributed by atoms with van der Waals surface area (Å²) in [5.74, 6) is 1.70. The quantitative estimate of drug-likeness (QED) is 0.740. The smallest absolute Gasteiger partial charge is 0.258 e. The molecule has 1 aliphatic rings. The zero-order valence-electron chi connectivity index (χ0n) is 17.6. The van der Waals surface area contributed by atoms with Gasteiger partial charge in [-0.25, -0.2) is 0 Å². The summed E-state index contributed by atoms with van der Waals surface area (Å²) in [5, 5.41) is 9.94. The van der Waals surface area contributed by atoms with Crippen LogP contribution in [0.15, 0.2) is 36.4 Å². The Morgan fingerprint density at radius 2 is 1.77 bits per heavy atom. The van der Waals surface area contributed by atoms with Gasteiger partial charge in [-0.3, -0.25) is 4.79 Å². The van der Waals surface area contributed by atoms with Gasteiger partial charge >= 0.3 is 0 Å². The molecule has 3 rings (SSSR count). The number of ether oxygens (including phenoxy) is 5. The van der Waals surface area contributed by atoms with Gasteiger partial charge in [-0.15, -0.1) is 0 Å². The first-order valence-corrected chi connectivity index (χ1v) is 9.55. The Hall–Kier alpha value is -2.97. The van der Waals surface area contributed by atoms with E-state index in [1.54, 1.807) is 49.5 Å². The van der Waals surface area contributed by atoms with E-state index in [1.165, 1.54) is 14.2 Å². The van der Waals surface area contributed by atoms with Gasteiger partial charge in [0.05, 0.1) is 53.3 Å². The molecule has 1 aliphatic heterocycles. The van der Waals surface area contributed by atoms with Crippen LogP contribution in [-0.4, -0.2) is 70.2 Å². The Balaban J connectivity index is 2.05. The Kier molecular flexibility index (Phi) is 7.02. The molecule has 1 amide bonds. The third-order valence-electron chi connectivity index (χ3n) is 5.18. The number of nitrogens with zero attached hydrogens (tertiary/aromatic N) is 1. The highest BCUT2D eigenvalue weighted by Crippen LogP contribution is 2.38. The summed E-state index contributed by atoms with van der Waals surface area (Å²) in [6, 6.07) is 10.1. The molecule has 0 aliphatic carbocycles. The minimum absolute atomic E-state index is 0.238. The number of para-hydroxylation sites is 1. The van der Waals surface area contributed by atoms with E-state index >= 15 is 0 Å². The molecule has 0 unspecified atom stereocenters. The number of carbonyl (C=O) groups excluding carboxylic acids is 1. The minimum atomic E-state index is -0.586. The lowest BCUT2D eigenvalue weighted by Gasteiger charge is -2.41. The second-order valence-electron chi connectivity index (χ2n) is 6.69. The molecular weight excluding hydrogens is 390 g/mol. The molecule has 2 aromatic carbocycles. The van der Waals surface area contributed by atoms with Crippen LogP contribution in [0.4, 0.5) is 0 Å². The van der Waals surface area contributed by atoms with Gasteiger partial charge in [0, 0.05) is 6.54 Å². The van der Waals surface area contributed by atoms with Crippen molar-refractivity contribution in [3.8, 4) is 23.0 Å². The fraction of sp³-hybridized carbons (Fsp3) is 0.409. The Morgan fingerprint density at radius 1 is 1.03 bits per heavy atom. The van der Waals surface area contributed by atoms with E-state index in [0.717, 1.165) is 5.56 Å². The molecule has 1 saturated heterocycles. The van der Waals surface area contributed by atoms with E-state index in [4.69, 9.17) is 23.7 Å². The summed E-state index contributed by atoms with van der Waals surface area (Å²) in [7, 11) is 6.13. The monoisotopic (exact) mass is 417 g/mol. The summed E-state index contributed by atoms with van der Waals surface area (Å²) < 4.78 is 27.3. The van der Waals surface area contributed by atoms with E-state index < -0.39 is 12.1 Å². The molecule has 0 spiro atoms. The zero-order valence-corrected chi connectivity index (χ0v) is 17.6. The van der Waals surface area contributed by atoms with Crippen LogP contribution in [0.25, 0.3) is 0 Å². The number of aliphatic hydroxyl groups excluding tert-OH is 1. The number of hydrogen-bond donors (Lipinski definition) is 1. The lowest BCUT2D eigenvalue weighted by atomic mass is 9.96. The third kappa shape index (κ3) is 4.01. The number of benzene rings is 2. The molecule has 0 saturated carbocycles. The average molecular weight is 417 g/mol. The average Bonchev–Trinajstić information content (AvgIpc) is 2.81. The van der Waals surface area contributed by atoms with Crippen molar-refractivity contribution in [2.45, 2.75) is 12.1 Å². The maximum Gasteiger partial charge on any atom is 0.258 e. The molecule has 0 bridgehead atoms. The summed E-state index contributed by atoms with van der Waals surface area (Å²) in [4.78, 5) is 15.3. The topological polar surface area (TPSA) is 86.7 Å². The van der Waals surface area contributed by atoms with Crippen LogP contribution in [0.3, 0.4) is 0 Å². The highest BCUT2D eigenvalue weighted by atomic mass is 16.5. The number of morpholine rings is 1. The Bertz CT molecular complexity index is 886. The first-order chi connectivity index (χ1) is 14.6. The number of rotatable bonds is 7. The molecule has 8 nitrogen and oxygen atoms in total. The fourth-order valence-corrected chi connectivity index (χ4v) is 3.76. The second-order valence-corrected chi connectivity index (χ2v) is 6.69. The molecule has 0 aromatic heterocycles. The van der Waals surface area contributed by atoms with Crippen molar-refractivity contribution in [3.05, 3.63) is 47.5 Å². The molecule has 0 radical (unpaired) electrons. The Labute approximate surface area is 175 Å². The lowest BCUT2D eigenvalue weighted by Crippen LogP contribution is -2.49. The maximum absolute atomic E-state index is 13.6. The second kappa shape index (κ2) is 9.69. The molecule has 1 fully saturated rings. The zero-order chi connectivity index (χ0) is 21.7. The van der Waals surface area contributed by atoms with E-state index in [-0.39, 0.29) is 12.5 Å². The van der Waals surface area contributed by atoms with Crippen LogP contribution in [0, 0.1) is 0 Å². The van der Waals surface area contributed by atoms with Gasteiger partial charge in [-0.05, 0) is 29.8 Å². The van der Waals surface area contributed by atoms with E-state index in [1.807, 2.05) is 6.07 Å². The van der Waals surface area contributed by atoms with Crippen molar-refractivity contribution in [3.63, 3.8) is 0 Å². The molecule has 2 aromatic rings. The van der Waals surface area contributed by atoms with Gasteiger partial charge in [-0.2, -0.15) is 0 Å². The van der Waals surface area contributed by atoms with Gasteiger partial charge in [-0.1, -0.05) is 12.1 Å². The Morgan fingerprint density at radius 3 is 2.40 bits per heavy atom. The molecular formula is C22H27NO7. The van der Waals surface area contributed by atoms with Crippen molar-refractivity contribution in [1.82, 2.24) is 4.90 Å². The number of hydrogen-bond acceptors (Lipinski definition) is 7. The van der Waals surface area contributed by atoms with Crippen molar-refractivity contribution in [2.75, 3.05) is 48.2 Å². The van der Waals surface area contributed by atoms with Gasteiger partial charge in [0.2, 0.25) is 0 Å². The standard InChI is InChI=1S/C22H27NO7/c1-26-16-9-8-14(12-18(16)28-3)20-19(13-24)30-11-10-23(20)22(25)15-6-5-7-17(27-2)21(15)29-4/h5-9,12,19-20,24H,10-11,13H2,1-4H3/t19-,20-/m1/s1. The molecule has 1 N–H and O–H groups in total. The van der Waals surface area contributed by atoms with E-state index in [2.05, 4.69) is 0 Å². The molecule has 1 heterocycles. The van der Waals surface area contributed by atoms with Crippen LogP contribution in [0.5, 0.6) is 23.0 Å². The van der Waals surface area contributed by atoms with Crippen LogP contribution in [-0.2, 0) is 4.74 Å². The summed E-state index contributed by atoms with van der Waals surface area (Å²) in [5.41, 5.74) is 1.14. The van der Waals surface area contributed by atoms with Crippen molar-refractivity contribution < 1.29 is 33.6 Å². The normalized spacial score (nSPS) is 18.6. The van der Waals surface area contributed by atoms with Crippen LogP contribution in [0.2, 0.25) is 0 Å². The highest BCUT2D eigenvalue weighted by molar-refractivity contribution is 5.98. The van der Waals surface area contributed by atoms with Crippen molar-refractivity contribution in [1.29, 1.82) is 0 Å². The lowest BCUT2D eigenvalue weighted by molar-refractivity contribution is -0.0812. The summed E-state index contributed by atoms with van der Waals surface area (Å²) in [6.45, 7) is 0.430. The number of aliphatic hydroxyl groups is 1. The number of methoxy groups -OCH3 is 4. The molecule has 2 atom stereocenters. The third-order valence-corrected chi connectivity index (χ3v) is 5.18. The first-order valence-electron chi connectivity index (χ1n) is 9.55. The largest absolute Gasteiger partial charge is 0.493 e. The van der Waals surface area contributed by atoms with E-state index in [9.17, 15) is 9.90 Å². The SMILES string of the molecule is COc1ccc([C@@H]2[C@@H](CO)OCCN2C(=O)c2cccc(OC)c2OC)cc1OC. The first kappa shape index (κ1) is 21.7. The molecule has 162 valence electrons. The number of carbonyl (C=O) groups is 1. The minimum Gasteiger partial charge on any atom is -0.493 e. The predicted octanol–water partition coefficient (Wildman–Crippen LogP) is 2.30.